The maximum absolute atomic E-state index is 13.9. The van der Waals surface area contributed by atoms with Gasteiger partial charge in [0, 0.05) is 42.5 Å². The van der Waals surface area contributed by atoms with Crippen molar-refractivity contribution in [2.75, 3.05) is 6.54 Å². The van der Waals surface area contributed by atoms with E-state index in [9.17, 15) is 18.7 Å². The quantitative estimate of drug-likeness (QED) is 0.465. The number of H-pyrrole nitrogens is 1. The first-order valence-corrected chi connectivity index (χ1v) is 11.7. The molecule has 1 aliphatic heterocycles. The van der Waals surface area contributed by atoms with Crippen molar-refractivity contribution in [1.29, 1.82) is 0 Å². The topological polar surface area (TPSA) is 56.3 Å². The molecule has 2 N–H and O–H groups in total. The monoisotopic (exact) mass is 452 g/mol. The van der Waals surface area contributed by atoms with Crippen LogP contribution in [0.25, 0.3) is 10.9 Å². The number of aromatic nitrogens is 1. The molecule has 1 saturated carbocycles. The van der Waals surface area contributed by atoms with Gasteiger partial charge in [0.05, 0.1) is 5.56 Å². The lowest BCUT2D eigenvalue weighted by Crippen LogP contribution is -2.53. The van der Waals surface area contributed by atoms with Gasteiger partial charge in [0.25, 0.3) is 0 Å². The highest BCUT2D eigenvalue weighted by molar-refractivity contribution is 5.88. The molecule has 3 aromatic rings. The van der Waals surface area contributed by atoms with Crippen molar-refractivity contribution in [2.24, 2.45) is 5.41 Å². The van der Waals surface area contributed by atoms with Gasteiger partial charge in [-0.2, -0.15) is 0 Å². The van der Waals surface area contributed by atoms with E-state index < -0.39 is 11.9 Å². The van der Waals surface area contributed by atoms with Gasteiger partial charge in [0.2, 0.25) is 5.92 Å². The fourth-order valence-electron chi connectivity index (χ4n) is 6.16. The summed E-state index contributed by atoms with van der Waals surface area (Å²) in [5.41, 5.74) is 5.91. The SMILES string of the molecule is CCc1cc(C)c2[nH]ccc2c1CN1CCC2(C[C@H]1c1ccc(C(=O)O)cc1)CC(F)(F)C2. The molecule has 33 heavy (non-hydrogen) atoms. The van der Waals surface area contributed by atoms with Crippen molar-refractivity contribution in [1.82, 2.24) is 9.88 Å². The van der Waals surface area contributed by atoms with E-state index in [1.807, 2.05) is 18.3 Å². The van der Waals surface area contributed by atoms with Crippen LogP contribution in [0.4, 0.5) is 8.78 Å². The highest BCUT2D eigenvalue weighted by atomic mass is 19.3. The fraction of sp³-hybridized carbons (Fsp3) is 0.444. The Morgan fingerprint density at radius 2 is 1.94 bits per heavy atom. The summed E-state index contributed by atoms with van der Waals surface area (Å²) >= 11 is 0. The predicted molar refractivity (Wildman–Crippen MR) is 125 cm³/mol. The maximum Gasteiger partial charge on any atom is 0.335 e. The van der Waals surface area contributed by atoms with Crippen LogP contribution >= 0.6 is 0 Å². The summed E-state index contributed by atoms with van der Waals surface area (Å²) in [7, 11) is 0. The van der Waals surface area contributed by atoms with Crippen molar-refractivity contribution < 1.29 is 18.7 Å². The Labute approximate surface area is 192 Å². The van der Waals surface area contributed by atoms with E-state index in [0.29, 0.717) is 6.42 Å². The molecule has 2 aliphatic rings. The average molecular weight is 453 g/mol. The number of benzene rings is 2. The molecule has 2 aromatic carbocycles. The molecule has 0 bridgehead atoms. The van der Waals surface area contributed by atoms with Gasteiger partial charge in [-0.25, -0.2) is 13.6 Å². The molecular weight excluding hydrogens is 422 g/mol. The second-order valence-electron chi connectivity index (χ2n) is 10.0. The molecule has 1 saturated heterocycles. The minimum atomic E-state index is -2.55. The van der Waals surface area contributed by atoms with Crippen LogP contribution in [0.15, 0.2) is 42.6 Å². The van der Waals surface area contributed by atoms with Crippen LogP contribution in [0.5, 0.6) is 0 Å². The van der Waals surface area contributed by atoms with E-state index >= 15 is 0 Å². The summed E-state index contributed by atoms with van der Waals surface area (Å²) in [6.45, 7) is 5.79. The van der Waals surface area contributed by atoms with Gasteiger partial charge < -0.3 is 10.1 Å². The Morgan fingerprint density at radius 3 is 2.58 bits per heavy atom. The molecule has 1 atom stereocenters. The summed E-state index contributed by atoms with van der Waals surface area (Å²) in [5.74, 6) is -3.51. The lowest BCUT2D eigenvalue weighted by atomic mass is 9.59. The molecule has 1 aromatic heterocycles. The van der Waals surface area contributed by atoms with Gasteiger partial charge in [-0.05, 0) is 78.6 Å². The maximum atomic E-state index is 13.9. The number of likely N-dealkylation sites (tertiary alicyclic amines) is 1. The standard InChI is InChI=1S/C27H30F2N2O2/c1-3-18-12-17(2)24-21(8-10-30-24)22(18)14-31-11-9-26(15-27(28,29)16-26)13-23(31)19-4-6-20(7-5-19)25(32)33/h4-8,10,12,23,30H,3,9,11,13-16H2,1-2H3,(H,32,33)/t23-/m0/s1. The van der Waals surface area contributed by atoms with Crippen LogP contribution in [-0.4, -0.2) is 33.4 Å². The molecule has 174 valence electrons. The van der Waals surface area contributed by atoms with Crippen molar-refractivity contribution in [3.05, 3.63) is 70.4 Å². The Bertz CT molecular complexity index is 1190. The number of aromatic carboxylic acids is 1. The lowest BCUT2D eigenvalue weighted by Gasteiger charge is -2.54. The summed E-state index contributed by atoms with van der Waals surface area (Å²) in [6.07, 6.45) is 4.28. The van der Waals surface area contributed by atoms with Gasteiger partial charge in [-0.1, -0.05) is 25.1 Å². The normalized spacial score (nSPS) is 21.9. The number of piperidine rings is 1. The number of halogens is 2. The van der Waals surface area contributed by atoms with Crippen molar-refractivity contribution in [3.8, 4) is 0 Å². The van der Waals surface area contributed by atoms with Crippen LogP contribution in [0.3, 0.4) is 0 Å². The number of fused-ring (bicyclic) bond motifs is 1. The number of aryl methyl sites for hydroxylation is 2. The van der Waals surface area contributed by atoms with Gasteiger partial charge >= 0.3 is 5.97 Å². The number of nitrogens with one attached hydrogen (secondary N) is 1. The molecule has 0 unspecified atom stereocenters. The van der Waals surface area contributed by atoms with Gasteiger partial charge in [0.15, 0.2) is 0 Å². The molecule has 0 amide bonds. The van der Waals surface area contributed by atoms with Crippen molar-refractivity contribution >= 4 is 16.9 Å². The number of carboxylic acids is 1. The second kappa shape index (κ2) is 7.94. The van der Waals surface area contributed by atoms with Crippen LogP contribution in [-0.2, 0) is 13.0 Å². The number of carboxylic acid groups (broad SMARTS) is 1. The van der Waals surface area contributed by atoms with Gasteiger partial charge in [-0.15, -0.1) is 0 Å². The molecule has 1 aliphatic carbocycles. The van der Waals surface area contributed by atoms with E-state index in [0.717, 1.165) is 37.0 Å². The molecule has 1 spiro atoms. The molecule has 2 heterocycles. The zero-order valence-electron chi connectivity index (χ0n) is 19.1. The number of carbonyl (C=O) groups is 1. The van der Waals surface area contributed by atoms with E-state index in [-0.39, 0.29) is 29.9 Å². The minimum absolute atomic E-state index is 0.0160. The molecule has 6 heteroatoms. The number of hydrogen-bond acceptors (Lipinski definition) is 2. The number of hydrogen-bond donors (Lipinski definition) is 2. The third-order valence-electron chi connectivity index (χ3n) is 7.79. The third kappa shape index (κ3) is 3.95. The highest BCUT2D eigenvalue weighted by Crippen LogP contribution is 2.60. The predicted octanol–water partition coefficient (Wildman–Crippen LogP) is 6.49. The Kier molecular flexibility index (Phi) is 5.31. The summed E-state index contributed by atoms with van der Waals surface area (Å²) < 4.78 is 27.8. The Hall–Kier alpha value is -2.73. The van der Waals surface area contributed by atoms with E-state index in [1.165, 1.54) is 22.1 Å². The van der Waals surface area contributed by atoms with E-state index in [2.05, 4.69) is 35.9 Å². The fourth-order valence-corrected chi connectivity index (χ4v) is 6.16. The number of aromatic amines is 1. The zero-order valence-corrected chi connectivity index (χ0v) is 19.1. The summed E-state index contributed by atoms with van der Waals surface area (Å²) in [4.78, 5) is 17.1. The number of rotatable bonds is 5. The van der Waals surface area contributed by atoms with Crippen LogP contribution in [0.2, 0.25) is 0 Å². The average Bonchev–Trinajstić information content (AvgIpc) is 3.26. The van der Waals surface area contributed by atoms with Gasteiger partial charge in [0.1, 0.15) is 0 Å². The molecule has 2 fully saturated rings. The van der Waals surface area contributed by atoms with Crippen molar-refractivity contribution in [2.45, 2.75) is 64.5 Å². The Morgan fingerprint density at radius 1 is 1.21 bits per heavy atom. The molecule has 4 nitrogen and oxygen atoms in total. The summed E-state index contributed by atoms with van der Waals surface area (Å²) in [6, 6.07) is 11.3. The second-order valence-corrected chi connectivity index (χ2v) is 10.0. The molecular formula is C27H30F2N2O2. The highest BCUT2D eigenvalue weighted by Gasteiger charge is 2.58. The first-order valence-electron chi connectivity index (χ1n) is 11.7. The minimum Gasteiger partial charge on any atom is -0.478 e. The van der Waals surface area contributed by atoms with E-state index in [1.54, 1.807) is 12.1 Å². The number of nitrogens with zero attached hydrogens (tertiary/aromatic N) is 1. The molecule has 0 radical (unpaired) electrons. The first kappa shape index (κ1) is 22.1. The summed E-state index contributed by atoms with van der Waals surface area (Å²) in [5, 5.41) is 10.5. The zero-order chi connectivity index (χ0) is 23.4. The Balaban J connectivity index is 1.50. The number of alkyl halides is 2. The lowest BCUT2D eigenvalue weighted by molar-refractivity contribution is -0.186. The third-order valence-corrected chi connectivity index (χ3v) is 7.79. The van der Waals surface area contributed by atoms with Crippen LogP contribution in [0.1, 0.15) is 71.3 Å². The van der Waals surface area contributed by atoms with E-state index in [4.69, 9.17) is 0 Å². The van der Waals surface area contributed by atoms with Crippen molar-refractivity contribution in [3.63, 3.8) is 0 Å². The largest absolute Gasteiger partial charge is 0.478 e. The van der Waals surface area contributed by atoms with Crippen LogP contribution in [0, 0.1) is 12.3 Å². The van der Waals surface area contributed by atoms with Gasteiger partial charge in [-0.3, -0.25) is 4.90 Å². The van der Waals surface area contributed by atoms with Crippen LogP contribution < -0.4 is 0 Å². The first-order chi connectivity index (χ1) is 15.7. The molecule has 5 rings (SSSR count). The smallest absolute Gasteiger partial charge is 0.335 e.